The van der Waals surface area contributed by atoms with E-state index in [0.29, 0.717) is 5.92 Å². The number of rotatable bonds is 4. The molecule has 0 radical (unpaired) electrons. The molecule has 2 N–H and O–H groups in total. The number of nitrogens with zero attached hydrogens (tertiary/aromatic N) is 2. The number of nitrogens with two attached hydrogens (primary N) is 1. The summed E-state index contributed by atoms with van der Waals surface area (Å²) in [5, 5.41) is 0. The second-order valence-corrected chi connectivity index (χ2v) is 7.91. The van der Waals surface area contributed by atoms with Gasteiger partial charge in [0.25, 0.3) is 0 Å². The Bertz CT molecular complexity index is 608. The highest BCUT2D eigenvalue weighted by Crippen LogP contribution is 2.38. The third kappa shape index (κ3) is 3.09. The molecule has 0 aromatic carbocycles. The van der Waals surface area contributed by atoms with Crippen molar-refractivity contribution in [2.24, 2.45) is 11.7 Å². The van der Waals surface area contributed by atoms with Crippen molar-refractivity contribution in [3.63, 3.8) is 0 Å². The molecule has 1 aliphatic carbocycles. The third-order valence-electron chi connectivity index (χ3n) is 4.45. The molecule has 2 rings (SSSR count). The van der Waals surface area contributed by atoms with Gasteiger partial charge in [-0.15, -0.1) is 0 Å². The summed E-state index contributed by atoms with van der Waals surface area (Å²) in [7, 11) is -2.27. The lowest BCUT2D eigenvalue weighted by atomic mass is 9.76. The van der Waals surface area contributed by atoms with Crippen molar-refractivity contribution in [2.75, 3.05) is 13.6 Å². The Morgan fingerprint density at radius 3 is 2.81 bits per heavy atom. The van der Waals surface area contributed by atoms with Gasteiger partial charge < -0.3 is 5.73 Å². The molecule has 1 aliphatic rings. The summed E-state index contributed by atoms with van der Waals surface area (Å²) in [4.78, 5) is 3.50. The average molecular weight is 315 g/mol. The number of aromatic nitrogens is 1. The van der Waals surface area contributed by atoms with Gasteiger partial charge in [-0.3, -0.25) is 4.98 Å². The summed E-state index contributed by atoms with van der Waals surface area (Å²) in [6.45, 7) is 2.36. The van der Waals surface area contributed by atoms with Crippen molar-refractivity contribution >= 4 is 10.0 Å². The molecule has 0 amide bonds. The zero-order chi connectivity index (χ0) is 15.7. The molecule has 1 heterocycles. The van der Waals surface area contributed by atoms with Crippen LogP contribution in [0.2, 0.25) is 0 Å². The van der Waals surface area contributed by atoms with E-state index in [-0.39, 0.29) is 11.4 Å². The van der Waals surface area contributed by atoms with E-state index in [0.717, 1.165) is 37.9 Å². The molecular weight excluding hydrogens is 293 g/mol. The topological polar surface area (TPSA) is 76.3 Å². The van der Waals surface area contributed by atoms with Crippen LogP contribution in [0.15, 0.2) is 23.4 Å². The van der Waals surface area contributed by atoms with Crippen molar-refractivity contribution in [1.29, 1.82) is 0 Å². The molecule has 1 fully saturated rings. The van der Waals surface area contributed by atoms with Crippen LogP contribution in [0.5, 0.6) is 0 Å². The van der Waals surface area contributed by atoms with Gasteiger partial charge in [0.2, 0.25) is 10.0 Å². The molecule has 0 saturated heterocycles. The van der Waals surface area contributed by atoms with Crippen LogP contribution in [0.25, 0.3) is 0 Å². The maximum absolute atomic E-state index is 13.3. The highest BCUT2D eigenvalue weighted by Gasteiger charge is 2.43. The van der Waals surface area contributed by atoms with Gasteiger partial charge in [-0.25, -0.2) is 12.8 Å². The number of hydrogen-bond acceptors (Lipinski definition) is 4. The highest BCUT2D eigenvalue weighted by molar-refractivity contribution is 7.89. The van der Waals surface area contributed by atoms with E-state index in [2.05, 4.69) is 11.9 Å². The van der Waals surface area contributed by atoms with Gasteiger partial charge >= 0.3 is 0 Å². The van der Waals surface area contributed by atoms with E-state index >= 15 is 0 Å². The van der Waals surface area contributed by atoms with E-state index in [1.54, 1.807) is 0 Å². The van der Waals surface area contributed by atoms with Gasteiger partial charge in [-0.05, 0) is 24.8 Å². The molecule has 2 atom stereocenters. The van der Waals surface area contributed by atoms with Crippen molar-refractivity contribution in [1.82, 2.24) is 9.29 Å². The van der Waals surface area contributed by atoms with Crippen molar-refractivity contribution in [3.05, 3.63) is 24.3 Å². The quantitative estimate of drug-likeness (QED) is 0.918. The molecule has 0 aliphatic heterocycles. The molecule has 0 spiro atoms. The zero-order valence-electron chi connectivity index (χ0n) is 12.4. The molecule has 5 nitrogen and oxygen atoms in total. The number of likely N-dealkylation sites (N-methyl/N-ethyl adjacent to an activating group) is 1. The summed E-state index contributed by atoms with van der Waals surface area (Å²) in [5.41, 5.74) is 5.32. The van der Waals surface area contributed by atoms with Gasteiger partial charge in [-0.1, -0.05) is 19.8 Å². The zero-order valence-corrected chi connectivity index (χ0v) is 13.2. The Labute approximate surface area is 125 Å². The van der Waals surface area contributed by atoms with Crippen molar-refractivity contribution in [3.8, 4) is 0 Å². The maximum Gasteiger partial charge on any atom is 0.245 e. The van der Waals surface area contributed by atoms with Crippen molar-refractivity contribution in [2.45, 2.75) is 43.0 Å². The first-order chi connectivity index (χ1) is 9.82. The van der Waals surface area contributed by atoms with Gasteiger partial charge in [0.15, 0.2) is 0 Å². The third-order valence-corrected chi connectivity index (χ3v) is 6.38. The molecular formula is C14H22FN3O2S. The normalized spacial score (nSPS) is 27.0. The summed E-state index contributed by atoms with van der Waals surface area (Å²) in [5.74, 6) is -0.242. The fourth-order valence-corrected chi connectivity index (χ4v) is 4.70. The van der Waals surface area contributed by atoms with E-state index in [1.165, 1.54) is 17.5 Å². The molecule has 21 heavy (non-hydrogen) atoms. The second kappa shape index (κ2) is 5.98. The van der Waals surface area contributed by atoms with Crippen LogP contribution in [0.4, 0.5) is 4.39 Å². The lowest BCUT2D eigenvalue weighted by molar-refractivity contribution is 0.127. The fraction of sp³-hybridized carbons (Fsp3) is 0.643. The van der Waals surface area contributed by atoms with Crippen LogP contribution in [0.1, 0.15) is 32.6 Å². The Hall–Kier alpha value is -1.05. The Balaban J connectivity index is 2.38. The lowest BCUT2D eigenvalue weighted by Gasteiger charge is -2.45. The molecule has 1 aromatic rings. The van der Waals surface area contributed by atoms with Crippen molar-refractivity contribution < 1.29 is 12.8 Å². The Morgan fingerprint density at radius 2 is 2.24 bits per heavy atom. The first kappa shape index (κ1) is 16.3. The first-order valence-corrected chi connectivity index (χ1v) is 8.55. The van der Waals surface area contributed by atoms with Crippen LogP contribution in [0.3, 0.4) is 0 Å². The summed E-state index contributed by atoms with van der Waals surface area (Å²) in [6.07, 6.45) is 5.64. The Kier molecular flexibility index (Phi) is 4.65. The fourth-order valence-electron chi connectivity index (χ4n) is 3.18. The van der Waals surface area contributed by atoms with Gasteiger partial charge in [-0.2, -0.15) is 4.31 Å². The standard InChI is InChI=1S/C14H22FN3O2S/c1-11-4-3-5-14(7-11,10-16)18(2)21(19,20)13-6-12(15)8-17-9-13/h6,8-9,11H,3-5,7,10,16H2,1-2H3. The van der Waals surface area contributed by atoms with Gasteiger partial charge in [0.1, 0.15) is 10.7 Å². The summed E-state index contributed by atoms with van der Waals surface area (Å²) < 4.78 is 40.0. The van der Waals surface area contributed by atoms with Crippen LogP contribution < -0.4 is 5.73 Å². The van der Waals surface area contributed by atoms with Crippen LogP contribution in [-0.2, 0) is 10.0 Å². The Morgan fingerprint density at radius 1 is 1.52 bits per heavy atom. The number of hydrogen-bond donors (Lipinski definition) is 1. The maximum atomic E-state index is 13.3. The summed E-state index contributed by atoms with van der Waals surface area (Å²) in [6, 6.07) is 0.995. The second-order valence-electron chi connectivity index (χ2n) is 5.94. The molecule has 118 valence electrons. The molecule has 7 heteroatoms. The number of pyridine rings is 1. The summed E-state index contributed by atoms with van der Waals surface area (Å²) >= 11 is 0. The lowest BCUT2D eigenvalue weighted by Crippen LogP contribution is -2.56. The highest BCUT2D eigenvalue weighted by atomic mass is 32.2. The van der Waals surface area contributed by atoms with E-state index in [9.17, 15) is 12.8 Å². The predicted octanol–water partition coefficient (Wildman–Crippen LogP) is 1.75. The number of halogens is 1. The molecule has 2 unspecified atom stereocenters. The van der Waals surface area contributed by atoms with E-state index < -0.39 is 21.4 Å². The minimum absolute atomic E-state index is 0.129. The first-order valence-electron chi connectivity index (χ1n) is 7.11. The van der Waals surface area contributed by atoms with Gasteiger partial charge in [0.05, 0.1) is 6.20 Å². The van der Waals surface area contributed by atoms with Gasteiger partial charge in [0, 0.05) is 25.3 Å². The van der Waals surface area contributed by atoms with Crippen LogP contribution >= 0.6 is 0 Å². The molecule has 1 saturated carbocycles. The number of sulfonamides is 1. The van der Waals surface area contributed by atoms with Crippen LogP contribution in [0, 0.1) is 11.7 Å². The largest absolute Gasteiger partial charge is 0.329 e. The van der Waals surface area contributed by atoms with E-state index in [4.69, 9.17) is 5.73 Å². The average Bonchev–Trinajstić information content (AvgIpc) is 2.46. The smallest absolute Gasteiger partial charge is 0.245 e. The van der Waals surface area contributed by atoms with Crippen LogP contribution in [-0.4, -0.2) is 36.8 Å². The monoisotopic (exact) mass is 315 g/mol. The molecule has 1 aromatic heterocycles. The minimum Gasteiger partial charge on any atom is -0.329 e. The predicted molar refractivity (Wildman–Crippen MR) is 78.6 cm³/mol. The SMILES string of the molecule is CC1CCCC(CN)(N(C)S(=O)(=O)c2cncc(F)c2)C1. The minimum atomic E-state index is -3.80. The van der Waals surface area contributed by atoms with E-state index in [1.807, 2.05) is 0 Å². The molecule has 0 bridgehead atoms.